The third-order valence-electron chi connectivity index (χ3n) is 4.34. The molecule has 0 bridgehead atoms. The van der Waals surface area contributed by atoms with Crippen LogP contribution in [0, 0.1) is 6.92 Å². The number of hydrogen-bond acceptors (Lipinski definition) is 10. The minimum Gasteiger partial charge on any atom is -0.462 e. The van der Waals surface area contributed by atoms with Crippen molar-refractivity contribution in [3.63, 3.8) is 0 Å². The first-order chi connectivity index (χ1) is 16.0. The van der Waals surface area contributed by atoms with Gasteiger partial charge in [0.1, 0.15) is 9.88 Å². The van der Waals surface area contributed by atoms with Crippen molar-refractivity contribution in [3.05, 3.63) is 46.3 Å². The average Bonchev–Trinajstić information content (AvgIpc) is 3.39. The molecule has 0 radical (unpaired) electrons. The van der Waals surface area contributed by atoms with Crippen molar-refractivity contribution in [2.75, 3.05) is 24.3 Å². The van der Waals surface area contributed by atoms with Crippen LogP contribution in [0.15, 0.2) is 35.5 Å². The highest BCUT2D eigenvalue weighted by Crippen LogP contribution is 2.34. The molecule has 1 N–H and O–H groups in total. The quantitative estimate of drug-likeness (QED) is 0.336. The normalized spacial score (nSPS) is 10.6. The number of rotatable bonds is 10. The molecule has 33 heavy (non-hydrogen) atoms. The summed E-state index contributed by atoms with van der Waals surface area (Å²) in [6.45, 7) is 5.38. The lowest BCUT2D eigenvalue weighted by Gasteiger charge is -2.07. The van der Waals surface area contributed by atoms with E-state index in [2.05, 4.69) is 20.8 Å². The first kappa shape index (κ1) is 24.4. The van der Waals surface area contributed by atoms with Gasteiger partial charge in [0.25, 0.3) is 0 Å². The Hall–Kier alpha value is -3.25. The van der Waals surface area contributed by atoms with Gasteiger partial charge < -0.3 is 14.8 Å². The van der Waals surface area contributed by atoms with Gasteiger partial charge in [-0.2, -0.15) is 4.68 Å². The van der Waals surface area contributed by atoms with E-state index >= 15 is 0 Å². The number of amides is 1. The minimum atomic E-state index is -0.603. The number of anilines is 1. The van der Waals surface area contributed by atoms with Gasteiger partial charge in [0.15, 0.2) is 0 Å². The number of esters is 2. The molecule has 0 saturated carbocycles. The lowest BCUT2D eigenvalue weighted by Crippen LogP contribution is -2.15. The van der Waals surface area contributed by atoms with E-state index in [0.717, 1.165) is 17.0 Å². The zero-order valence-electron chi connectivity index (χ0n) is 18.4. The number of ether oxygens (including phenoxy) is 2. The van der Waals surface area contributed by atoms with E-state index in [1.54, 1.807) is 25.5 Å². The second kappa shape index (κ2) is 11.6. The molecule has 0 atom stereocenters. The fraction of sp³-hybridized carbons (Fsp3) is 0.333. The third kappa shape index (κ3) is 5.96. The summed E-state index contributed by atoms with van der Waals surface area (Å²) in [5, 5.41) is 15.2. The Labute approximate surface area is 198 Å². The maximum Gasteiger partial charge on any atom is 0.348 e. The second-order valence-electron chi connectivity index (χ2n) is 6.56. The molecule has 0 aliphatic heterocycles. The predicted octanol–water partition coefficient (Wildman–Crippen LogP) is 3.51. The maximum atomic E-state index is 12.6. The number of nitrogens with zero attached hydrogens (tertiary/aromatic N) is 4. The maximum absolute atomic E-state index is 12.6. The van der Waals surface area contributed by atoms with E-state index in [1.807, 2.05) is 30.3 Å². The van der Waals surface area contributed by atoms with Crippen LogP contribution < -0.4 is 5.32 Å². The molecule has 10 nitrogen and oxygen atoms in total. The van der Waals surface area contributed by atoms with E-state index in [9.17, 15) is 14.4 Å². The van der Waals surface area contributed by atoms with Gasteiger partial charge in [-0.15, -0.1) is 16.4 Å². The monoisotopic (exact) mass is 489 g/mol. The van der Waals surface area contributed by atoms with Crippen molar-refractivity contribution in [2.45, 2.75) is 32.3 Å². The van der Waals surface area contributed by atoms with Gasteiger partial charge in [0, 0.05) is 12.2 Å². The first-order valence-corrected chi connectivity index (χ1v) is 12.0. The standard InChI is InChI=1S/C21H23N5O5S2/c1-4-30-19(28)16-13(3)17(20(29)31-5-2)33-18(16)22-15(27)11-12-32-21-23-24-25-26(21)14-9-7-6-8-10-14/h6-10H,4-5,11-12H2,1-3H3,(H,22,27). The number of hydrogen-bond donors (Lipinski definition) is 1. The number of tetrazole rings is 1. The Kier molecular flexibility index (Phi) is 8.55. The molecule has 12 heteroatoms. The molecule has 0 aliphatic carbocycles. The summed E-state index contributed by atoms with van der Waals surface area (Å²) in [4.78, 5) is 37.6. The largest absolute Gasteiger partial charge is 0.462 e. The summed E-state index contributed by atoms with van der Waals surface area (Å²) < 4.78 is 11.8. The smallest absolute Gasteiger partial charge is 0.348 e. The summed E-state index contributed by atoms with van der Waals surface area (Å²) >= 11 is 2.33. The third-order valence-corrected chi connectivity index (χ3v) is 6.45. The van der Waals surface area contributed by atoms with Crippen LogP contribution in [0.2, 0.25) is 0 Å². The van der Waals surface area contributed by atoms with E-state index in [4.69, 9.17) is 9.47 Å². The molecule has 0 unspecified atom stereocenters. The van der Waals surface area contributed by atoms with Crippen molar-refractivity contribution >= 4 is 45.9 Å². The molecule has 0 spiro atoms. The van der Waals surface area contributed by atoms with Gasteiger partial charge in [-0.25, -0.2) is 9.59 Å². The number of nitrogens with one attached hydrogen (secondary N) is 1. The van der Waals surface area contributed by atoms with Crippen molar-refractivity contribution in [3.8, 4) is 5.69 Å². The summed E-state index contributed by atoms with van der Waals surface area (Å²) in [5.74, 6) is -1.06. The van der Waals surface area contributed by atoms with Crippen LogP contribution >= 0.6 is 23.1 Å². The van der Waals surface area contributed by atoms with Gasteiger partial charge in [-0.3, -0.25) is 4.79 Å². The Morgan fingerprint density at radius 1 is 1.09 bits per heavy atom. The molecule has 2 aromatic heterocycles. The van der Waals surface area contributed by atoms with Gasteiger partial charge in [-0.1, -0.05) is 30.0 Å². The van der Waals surface area contributed by atoms with E-state index in [1.165, 1.54) is 11.8 Å². The van der Waals surface area contributed by atoms with E-state index < -0.39 is 11.9 Å². The molecule has 3 rings (SSSR count). The zero-order valence-corrected chi connectivity index (χ0v) is 20.0. The van der Waals surface area contributed by atoms with Crippen LogP contribution in [0.3, 0.4) is 0 Å². The van der Waals surface area contributed by atoms with Crippen LogP contribution in [-0.4, -0.2) is 57.0 Å². The summed E-state index contributed by atoms with van der Waals surface area (Å²) in [6.07, 6.45) is 0.139. The van der Waals surface area contributed by atoms with Crippen LogP contribution in [0.25, 0.3) is 5.69 Å². The predicted molar refractivity (Wildman–Crippen MR) is 124 cm³/mol. The van der Waals surface area contributed by atoms with Crippen molar-refractivity contribution in [1.29, 1.82) is 0 Å². The zero-order chi connectivity index (χ0) is 23.8. The molecular formula is C21H23N5O5S2. The number of benzene rings is 1. The molecule has 0 fully saturated rings. The SMILES string of the molecule is CCOC(=O)c1sc(NC(=O)CCSc2nnnn2-c2ccccc2)c(C(=O)OCC)c1C. The number of carbonyl (C=O) groups is 3. The van der Waals surface area contributed by atoms with Gasteiger partial charge in [0.05, 0.1) is 24.5 Å². The summed E-state index contributed by atoms with van der Waals surface area (Å²) in [6, 6.07) is 9.42. The highest BCUT2D eigenvalue weighted by molar-refractivity contribution is 7.99. The van der Waals surface area contributed by atoms with Gasteiger partial charge in [0.2, 0.25) is 11.1 Å². The highest BCUT2D eigenvalue weighted by atomic mass is 32.2. The Morgan fingerprint density at radius 2 is 1.79 bits per heavy atom. The molecular weight excluding hydrogens is 466 g/mol. The molecule has 2 heterocycles. The highest BCUT2D eigenvalue weighted by Gasteiger charge is 2.27. The van der Waals surface area contributed by atoms with Crippen LogP contribution in [0.5, 0.6) is 0 Å². The topological polar surface area (TPSA) is 125 Å². The van der Waals surface area contributed by atoms with Gasteiger partial charge >= 0.3 is 11.9 Å². The van der Waals surface area contributed by atoms with Crippen molar-refractivity contribution in [2.24, 2.45) is 0 Å². The van der Waals surface area contributed by atoms with Crippen LogP contribution in [0.1, 0.15) is 45.9 Å². The number of para-hydroxylation sites is 1. The lowest BCUT2D eigenvalue weighted by molar-refractivity contribution is -0.115. The van der Waals surface area contributed by atoms with Crippen molar-refractivity contribution in [1.82, 2.24) is 20.2 Å². The number of aromatic nitrogens is 4. The number of carbonyl (C=O) groups excluding carboxylic acids is 3. The molecule has 0 saturated heterocycles. The van der Waals surface area contributed by atoms with Crippen molar-refractivity contribution < 1.29 is 23.9 Å². The fourth-order valence-corrected chi connectivity index (χ4v) is 4.80. The van der Waals surface area contributed by atoms with E-state index in [0.29, 0.717) is 16.5 Å². The Bertz CT molecular complexity index is 1130. The summed E-state index contributed by atoms with van der Waals surface area (Å²) in [5.41, 5.74) is 1.40. The van der Waals surface area contributed by atoms with Crippen LogP contribution in [0.4, 0.5) is 5.00 Å². The second-order valence-corrected chi connectivity index (χ2v) is 8.64. The molecule has 3 aromatic rings. The minimum absolute atomic E-state index is 0.139. The molecule has 0 aliphatic rings. The van der Waals surface area contributed by atoms with Crippen LogP contribution in [-0.2, 0) is 14.3 Å². The molecule has 174 valence electrons. The Balaban J connectivity index is 1.68. The number of thioether (sulfide) groups is 1. The molecule has 1 aromatic carbocycles. The van der Waals surface area contributed by atoms with Gasteiger partial charge in [-0.05, 0) is 48.9 Å². The molecule has 1 amide bonds. The first-order valence-electron chi connectivity index (χ1n) is 10.2. The average molecular weight is 490 g/mol. The summed E-state index contributed by atoms with van der Waals surface area (Å²) in [7, 11) is 0. The number of thiophene rings is 1. The lowest BCUT2D eigenvalue weighted by atomic mass is 10.1. The fourth-order valence-electron chi connectivity index (χ4n) is 2.87. The van der Waals surface area contributed by atoms with E-state index in [-0.39, 0.29) is 41.0 Å². The Morgan fingerprint density at radius 3 is 2.48 bits per heavy atom.